The van der Waals surface area contributed by atoms with E-state index < -0.39 is 17.8 Å². The highest BCUT2D eigenvalue weighted by atomic mass is 19.1. The van der Waals surface area contributed by atoms with E-state index in [2.05, 4.69) is 17.1 Å². The summed E-state index contributed by atoms with van der Waals surface area (Å²) in [5, 5.41) is 0. The number of carbonyl (C=O) groups is 2. The van der Waals surface area contributed by atoms with Crippen LogP contribution in [0.4, 0.5) is 4.39 Å². The maximum atomic E-state index is 15.6. The zero-order valence-electron chi connectivity index (χ0n) is 25.0. The first kappa shape index (κ1) is 28.2. The number of halogens is 1. The third-order valence-corrected chi connectivity index (χ3v) is 9.92. The Hall–Kier alpha value is -3.56. The number of rotatable bonds is 11. The molecule has 1 atom stereocenters. The Morgan fingerprint density at radius 1 is 1.02 bits per heavy atom. The smallest absolute Gasteiger partial charge is 0.335 e. The third kappa shape index (κ3) is 4.34. The molecule has 1 amide bonds. The zero-order chi connectivity index (χ0) is 29.9. The molecule has 9 heteroatoms. The van der Waals surface area contributed by atoms with Crippen LogP contribution < -0.4 is 0 Å². The van der Waals surface area contributed by atoms with Gasteiger partial charge in [0.15, 0.2) is 12.3 Å². The summed E-state index contributed by atoms with van der Waals surface area (Å²) in [6, 6.07) is 10.5. The van der Waals surface area contributed by atoms with Crippen molar-refractivity contribution in [2.45, 2.75) is 83.7 Å². The van der Waals surface area contributed by atoms with Gasteiger partial charge >= 0.3 is 5.97 Å². The Morgan fingerprint density at radius 3 is 2.42 bits per heavy atom. The summed E-state index contributed by atoms with van der Waals surface area (Å²) < 4.78 is 34.8. The molecule has 8 rings (SSSR count). The number of imidazole rings is 1. The molecule has 2 aliphatic heterocycles. The normalized spacial score (nSPS) is 24.0. The van der Waals surface area contributed by atoms with E-state index in [0.29, 0.717) is 30.0 Å². The Kier molecular flexibility index (Phi) is 6.93. The van der Waals surface area contributed by atoms with E-state index in [1.54, 1.807) is 19.3 Å². The molecular weight excluding hydrogens is 549 g/mol. The first-order chi connectivity index (χ1) is 20.8. The zero-order valence-corrected chi connectivity index (χ0v) is 25.0. The van der Waals surface area contributed by atoms with Crippen molar-refractivity contribution in [3.05, 3.63) is 76.6 Å². The van der Waals surface area contributed by atoms with Gasteiger partial charge in [-0.25, -0.2) is 14.2 Å². The minimum absolute atomic E-state index is 0.0102. The molecule has 3 heterocycles. The number of hydrogen-bond acceptors (Lipinski definition) is 6. The monoisotopic (exact) mass is 587 g/mol. The van der Waals surface area contributed by atoms with Crippen molar-refractivity contribution < 1.29 is 28.2 Å². The summed E-state index contributed by atoms with van der Waals surface area (Å²) in [7, 11) is 0. The number of nitrogens with zero attached hydrogens (tertiary/aromatic N) is 3. The van der Waals surface area contributed by atoms with E-state index in [9.17, 15) is 9.59 Å². The van der Waals surface area contributed by atoms with Crippen LogP contribution >= 0.6 is 0 Å². The molecule has 1 unspecified atom stereocenters. The molecule has 3 saturated carbocycles. The van der Waals surface area contributed by atoms with E-state index in [-0.39, 0.29) is 41.7 Å². The van der Waals surface area contributed by atoms with Crippen molar-refractivity contribution in [1.82, 2.24) is 14.5 Å². The van der Waals surface area contributed by atoms with Gasteiger partial charge in [-0.1, -0.05) is 24.3 Å². The van der Waals surface area contributed by atoms with Crippen molar-refractivity contribution in [1.29, 1.82) is 0 Å². The Bertz CT molecular complexity index is 1560. The van der Waals surface area contributed by atoms with E-state index in [1.165, 1.54) is 16.5 Å². The molecule has 8 nitrogen and oxygen atoms in total. The van der Waals surface area contributed by atoms with Crippen LogP contribution in [0, 0.1) is 11.2 Å². The molecule has 0 saturated heterocycles. The lowest BCUT2D eigenvalue weighted by molar-refractivity contribution is -0.306. The Morgan fingerprint density at radius 2 is 1.74 bits per heavy atom. The number of hydrogen-bond donors (Lipinski definition) is 0. The van der Waals surface area contributed by atoms with Crippen molar-refractivity contribution in [2.24, 2.45) is 5.41 Å². The van der Waals surface area contributed by atoms with Crippen LogP contribution in [0.1, 0.15) is 85.4 Å². The van der Waals surface area contributed by atoms with Crippen LogP contribution in [0.3, 0.4) is 0 Å². The first-order valence-corrected chi connectivity index (χ1v) is 15.5. The van der Waals surface area contributed by atoms with Gasteiger partial charge in [-0.2, -0.15) is 0 Å². The summed E-state index contributed by atoms with van der Waals surface area (Å²) in [6.45, 7) is 8.01. The van der Waals surface area contributed by atoms with Crippen LogP contribution in [-0.4, -0.2) is 52.4 Å². The fourth-order valence-electron chi connectivity index (χ4n) is 8.04. The van der Waals surface area contributed by atoms with Gasteiger partial charge in [-0.3, -0.25) is 4.79 Å². The first-order valence-electron chi connectivity index (χ1n) is 15.5. The summed E-state index contributed by atoms with van der Waals surface area (Å²) in [5.74, 6) is -1.38. The van der Waals surface area contributed by atoms with Gasteiger partial charge in [0.2, 0.25) is 0 Å². The second-order valence-corrected chi connectivity index (χ2v) is 12.4. The van der Waals surface area contributed by atoms with E-state index in [1.807, 2.05) is 30.5 Å². The van der Waals surface area contributed by atoms with Crippen LogP contribution in [0.5, 0.6) is 0 Å². The quantitative estimate of drug-likeness (QED) is 0.211. The van der Waals surface area contributed by atoms with Gasteiger partial charge in [0, 0.05) is 42.0 Å². The molecule has 2 aromatic carbocycles. The highest BCUT2D eigenvalue weighted by Gasteiger charge is 2.71. The molecule has 3 aromatic rings. The second kappa shape index (κ2) is 10.6. The fourth-order valence-corrected chi connectivity index (χ4v) is 8.04. The number of benzene rings is 2. The summed E-state index contributed by atoms with van der Waals surface area (Å²) in [6.07, 6.45) is 6.43. The van der Waals surface area contributed by atoms with Crippen LogP contribution in [0.25, 0.3) is 11.1 Å². The van der Waals surface area contributed by atoms with Gasteiger partial charge in [0.25, 0.3) is 5.91 Å². The van der Waals surface area contributed by atoms with Crippen LogP contribution in [0.15, 0.2) is 42.7 Å². The molecule has 43 heavy (non-hydrogen) atoms. The predicted molar refractivity (Wildman–Crippen MR) is 157 cm³/mol. The van der Waals surface area contributed by atoms with E-state index >= 15 is 4.39 Å². The van der Waals surface area contributed by atoms with Crippen molar-refractivity contribution >= 4 is 11.9 Å². The number of aromatic nitrogens is 2. The number of ether oxygens (including phenoxy) is 3. The van der Waals surface area contributed by atoms with E-state index in [0.717, 1.165) is 49.9 Å². The molecule has 3 aliphatic carbocycles. The lowest BCUT2D eigenvalue weighted by atomic mass is 9.33. The van der Waals surface area contributed by atoms with E-state index in [4.69, 9.17) is 14.2 Å². The standard InChI is InChI=1S/C34H38FN3O5/c1-4-41-31(40)29(28-27-8-7-13-37(27)20-36-28)38-16-25-24(30(38)39)14-22(15-26(25)35)21-9-11-23(12-10-21)33-17-34(18-33,19-33)32(42-5-2)43-6-3/h9-12,14-15,20,29,32H,4-8,13,16-19H2,1-3H3. The molecule has 5 aliphatic rings. The van der Waals surface area contributed by atoms with Gasteiger partial charge in [0.1, 0.15) is 5.82 Å². The van der Waals surface area contributed by atoms with Gasteiger partial charge in [-0.15, -0.1) is 0 Å². The third-order valence-electron chi connectivity index (χ3n) is 9.92. The number of esters is 1. The molecule has 0 N–H and O–H groups in total. The van der Waals surface area contributed by atoms with Gasteiger partial charge in [0.05, 0.1) is 25.2 Å². The average molecular weight is 588 g/mol. The van der Waals surface area contributed by atoms with Crippen molar-refractivity contribution in [3.8, 4) is 11.1 Å². The lowest BCUT2D eigenvalue weighted by Crippen LogP contribution is -2.70. The predicted octanol–water partition coefficient (Wildman–Crippen LogP) is 5.72. The topological polar surface area (TPSA) is 82.9 Å². The van der Waals surface area contributed by atoms with Crippen LogP contribution in [-0.2, 0) is 43.9 Å². The number of carbonyl (C=O) groups excluding carboxylic acids is 2. The number of aryl methyl sites for hydroxylation is 1. The number of fused-ring (bicyclic) bond motifs is 2. The molecule has 226 valence electrons. The fraction of sp³-hybridized carbons (Fsp3) is 0.500. The maximum absolute atomic E-state index is 15.6. The average Bonchev–Trinajstić information content (AvgIpc) is 3.65. The largest absolute Gasteiger partial charge is 0.464 e. The van der Waals surface area contributed by atoms with Crippen molar-refractivity contribution in [3.63, 3.8) is 0 Å². The highest BCUT2D eigenvalue weighted by molar-refractivity contribution is 6.02. The lowest BCUT2D eigenvalue weighted by Gasteiger charge is -2.72. The molecule has 0 spiro atoms. The molecule has 0 radical (unpaired) electrons. The highest BCUT2D eigenvalue weighted by Crippen LogP contribution is 2.75. The van der Waals surface area contributed by atoms with Crippen molar-refractivity contribution in [2.75, 3.05) is 19.8 Å². The van der Waals surface area contributed by atoms with Crippen LogP contribution in [0.2, 0.25) is 0 Å². The van der Waals surface area contributed by atoms with Gasteiger partial charge in [-0.05, 0) is 87.1 Å². The molecular formula is C34H38FN3O5. The SMILES string of the molecule is CCOC(=O)C(c1ncn2c1CCC2)N1Cc2c(F)cc(-c3ccc(C45CC(C(OCC)OCC)(C4)C5)cc3)cc2C1=O. The minimum atomic E-state index is -1.02. The minimum Gasteiger partial charge on any atom is -0.464 e. The molecule has 1 aromatic heterocycles. The van der Waals surface area contributed by atoms with Gasteiger partial charge < -0.3 is 23.7 Å². The summed E-state index contributed by atoms with van der Waals surface area (Å²) in [4.78, 5) is 32.9. The number of amides is 1. The molecule has 2 bridgehead atoms. The summed E-state index contributed by atoms with van der Waals surface area (Å²) in [5.41, 5.74) is 5.05. The second-order valence-electron chi connectivity index (χ2n) is 12.4. The molecule has 3 fully saturated rings. The maximum Gasteiger partial charge on any atom is 0.335 e. The Balaban J connectivity index is 1.12. The summed E-state index contributed by atoms with van der Waals surface area (Å²) >= 11 is 0. The Labute approximate surface area is 251 Å².